The van der Waals surface area contributed by atoms with Crippen molar-refractivity contribution in [2.45, 2.75) is 71.4 Å². The third kappa shape index (κ3) is 5.80. The molecule has 1 saturated heterocycles. The molecule has 2 aromatic rings. The minimum absolute atomic E-state index is 0.386. The highest BCUT2D eigenvalue weighted by molar-refractivity contribution is 5.63. The van der Waals surface area contributed by atoms with Gasteiger partial charge in [0.25, 0.3) is 0 Å². The summed E-state index contributed by atoms with van der Waals surface area (Å²) in [4.78, 5) is 20.0. The second-order valence-corrected chi connectivity index (χ2v) is 12.7. The number of likely N-dealkylation sites (N-methyl/N-ethyl adjacent to an activating group) is 1. The number of hydrogen-bond acceptors (Lipinski definition) is 7. The Bertz CT molecular complexity index is 1420. The molecule has 8 heteroatoms. The number of nitrogens with zero attached hydrogens (tertiary/aromatic N) is 8. The van der Waals surface area contributed by atoms with Crippen LogP contribution in [0.1, 0.15) is 64.2 Å². The van der Waals surface area contributed by atoms with Crippen molar-refractivity contribution in [1.29, 1.82) is 0 Å². The minimum Gasteiger partial charge on any atom is -0.367 e. The van der Waals surface area contributed by atoms with E-state index < -0.39 is 0 Å². The molecule has 7 rings (SSSR count). The maximum absolute atomic E-state index is 4.41. The van der Waals surface area contributed by atoms with Gasteiger partial charge in [0.15, 0.2) is 0 Å². The van der Waals surface area contributed by atoms with Crippen molar-refractivity contribution in [2.75, 3.05) is 43.0 Å². The van der Waals surface area contributed by atoms with Crippen LogP contribution in [0.3, 0.4) is 0 Å². The maximum Gasteiger partial charge on any atom is 0.114 e. The van der Waals surface area contributed by atoms with Crippen molar-refractivity contribution in [1.82, 2.24) is 29.6 Å². The Morgan fingerprint density at radius 1 is 0.780 bits per heavy atom. The van der Waals surface area contributed by atoms with E-state index in [9.17, 15) is 0 Å². The number of fused-ring (bicyclic) bond motifs is 4. The lowest BCUT2D eigenvalue weighted by Crippen LogP contribution is -2.59. The Kier molecular flexibility index (Phi) is 8.32. The van der Waals surface area contributed by atoms with E-state index in [0.717, 1.165) is 24.5 Å². The predicted octanol–water partition coefficient (Wildman–Crippen LogP) is 5.39. The summed E-state index contributed by atoms with van der Waals surface area (Å²) in [5.41, 5.74) is 9.26. The zero-order valence-electron chi connectivity index (χ0n) is 26.0. The monoisotopic (exact) mass is 554 g/mol. The van der Waals surface area contributed by atoms with Gasteiger partial charge in [-0.05, 0) is 76.4 Å². The number of aryl methyl sites for hydroxylation is 1. The van der Waals surface area contributed by atoms with Crippen LogP contribution in [0, 0.1) is 0 Å². The molecule has 0 amide bonds. The Morgan fingerprint density at radius 3 is 2.12 bits per heavy atom. The molecule has 5 aliphatic heterocycles. The van der Waals surface area contributed by atoms with Crippen molar-refractivity contribution in [3.63, 3.8) is 0 Å². The molecule has 7 heterocycles. The molecule has 218 valence electrons. The number of rotatable bonds is 3. The van der Waals surface area contributed by atoms with E-state index in [1.54, 1.807) is 0 Å². The third-order valence-electron chi connectivity index (χ3n) is 8.55. The number of anilines is 2. The molecule has 41 heavy (non-hydrogen) atoms. The van der Waals surface area contributed by atoms with Gasteiger partial charge in [0.2, 0.25) is 0 Å². The van der Waals surface area contributed by atoms with Gasteiger partial charge in [-0.15, -0.1) is 0 Å². The largest absolute Gasteiger partial charge is 0.367 e. The average Bonchev–Trinajstić information content (AvgIpc) is 3.63. The van der Waals surface area contributed by atoms with Crippen molar-refractivity contribution in [3.8, 4) is 11.4 Å². The highest BCUT2D eigenvalue weighted by Gasteiger charge is 2.50. The number of aromatic nitrogens is 5. The van der Waals surface area contributed by atoms with Crippen molar-refractivity contribution >= 4 is 11.4 Å². The van der Waals surface area contributed by atoms with Crippen LogP contribution in [0.5, 0.6) is 0 Å². The van der Waals surface area contributed by atoms with Gasteiger partial charge in [0.05, 0.1) is 29.5 Å². The van der Waals surface area contributed by atoms with Gasteiger partial charge < -0.3 is 14.7 Å². The van der Waals surface area contributed by atoms with Gasteiger partial charge in [-0.2, -0.15) is 5.10 Å². The topological polar surface area (TPSA) is 66.2 Å². The first-order valence-corrected chi connectivity index (χ1v) is 15.0. The van der Waals surface area contributed by atoms with Crippen molar-refractivity contribution in [3.05, 3.63) is 72.1 Å². The molecule has 2 aromatic heterocycles. The highest BCUT2D eigenvalue weighted by Crippen LogP contribution is 2.46. The van der Waals surface area contributed by atoms with E-state index in [4.69, 9.17) is 0 Å². The van der Waals surface area contributed by atoms with Crippen LogP contribution in [0.25, 0.3) is 11.4 Å². The minimum atomic E-state index is 0.386. The first-order valence-electron chi connectivity index (χ1n) is 15.0. The number of pyridine rings is 2. The molecule has 0 N–H and O–H groups in total. The highest BCUT2D eigenvalue weighted by atomic mass is 15.3. The van der Waals surface area contributed by atoms with Crippen LogP contribution in [0.4, 0.5) is 11.4 Å². The molecule has 8 nitrogen and oxygen atoms in total. The van der Waals surface area contributed by atoms with E-state index in [-0.39, 0.29) is 0 Å². The number of hydrogen-bond donors (Lipinski definition) is 0. The second-order valence-electron chi connectivity index (χ2n) is 12.7. The fourth-order valence-corrected chi connectivity index (χ4v) is 6.49. The Morgan fingerprint density at radius 2 is 1.46 bits per heavy atom. The molecule has 0 atom stereocenters. The standard InChI is InChI=1S/C13H19N3.C10H13N3.C10H14N2/c1-10(2)16-9-13(7-15(3)8-13)11-4-5-14-6-12(11)16;1-7(2)8-6-11-9-4-5-13(3)12-10(8)9;1-8(2)12-6-4-9-3-5-11-7-10(9)12/h4-6,10H,7-9H2,1-3H3;4-7H,1-3H3;3,5,7-8H,4,6H2,1-2H3. The van der Waals surface area contributed by atoms with E-state index in [1.165, 1.54) is 47.6 Å². The van der Waals surface area contributed by atoms with Gasteiger partial charge in [0, 0.05) is 81.1 Å². The lowest BCUT2D eigenvalue weighted by molar-refractivity contribution is 0.105. The summed E-state index contributed by atoms with van der Waals surface area (Å²) in [5.74, 6) is 0.486. The SMILES string of the molecule is CC(C)N1CC2(CN(C)C2)c2ccncc21.CC(C)N1CCc2ccncc21.CC(C)c1cnc2ccn(C)nc1-2. The fourth-order valence-electron chi connectivity index (χ4n) is 6.49. The molecular weight excluding hydrogens is 508 g/mol. The zero-order valence-corrected chi connectivity index (χ0v) is 26.0. The molecule has 0 radical (unpaired) electrons. The van der Waals surface area contributed by atoms with Gasteiger partial charge >= 0.3 is 0 Å². The summed E-state index contributed by atoms with van der Waals surface area (Å²) in [6, 6.07) is 7.49. The quantitative estimate of drug-likeness (QED) is 0.336. The lowest BCUT2D eigenvalue weighted by atomic mass is 9.76. The summed E-state index contributed by atoms with van der Waals surface area (Å²) in [6.45, 7) is 18.0. The normalized spacial score (nSPS) is 17.0. The van der Waals surface area contributed by atoms with Crippen LogP contribution >= 0.6 is 0 Å². The Labute approximate surface area is 245 Å². The van der Waals surface area contributed by atoms with Crippen molar-refractivity contribution < 1.29 is 0 Å². The van der Waals surface area contributed by atoms with E-state index >= 15 is 0 Å². The van der Waals surface area contributed by atoms with Crippen LogP contribution in [-0.4, -0.2) is 74.9 Å². The first-order chi connectivity index (χ1) is 19.6. The molecule has 1 spiro atoms. The zero-order chi connectivity index (χ0) is 29.3. The summed E-state index contributed by atoms with van der Waals surface area (Å²) >= 11 is 0. The van der Waals surface area contributed by atoms with Gasteiger partial charge in [0.1, 0.15) is 5.69 Å². The second kappa shape index (κ2) is 11.8. The number of likely N-dealkylation sites (tertiary alicyclic amines) is 1. The molecule has 0 saturated carbocycles. The van der Waals surface area contributed by atoms with Crippen LogP contribution in [0.15, 0.2) is 55.4 Å². The van der Waals surface area contributed by atoms with Crippen LogP contribution in [-0.2, 0) is 18.9 Å². The van der Waals surface area contributed by atoms with Crippen molar-refractivity contribution in [2.24, 2.45) is 7.05 Å². The Hall–Kier alpha value is -3.52. The average molecular weight is 555 g/mol. The molecule has 0 unspecified atom stereocenters. The Balaban J connectivity index is 0.000000125. The van der Waals surface area contributed by atoms with Gasteiger partial charge in [-0.3, -0.25) is 19.6 Å². The molecule has 1 fully saturated rings. The summed E-state index contributed by atoms with van der Waals surface area (Å²) in [5, 5.41) is 4.41. The first kappa shape index (κ1) is 29.0. The summed E-state index contributed by atoms with van der Waals surface area (Å²) in [7, 11) is 4.13. The lowest BCUT2D eigenvalue weighted by Gasteiger charge is -2.47. The van der Waals surface area contributed by atoms with Crippen LogP contribution in [0.2, 0.25) is 0 Å². The van der Waals surface area contributed by atoms with Crippen LogP contribution < -0.4 is 9.80 Å². The maximum atomic E-state index is 4.41. The van der Waals surface area contributed by atoms with Gasteiger partial charge in [-0.1, -0.05) is 13.8 Å². The van der Waals surface area contributed by atoms with E-state index in [1.807, 2.05) is 55.0 Å². The fraction of sp³-hybridized carbons (Fsp3) is 0.515. The molecule has 0 aromatic carbocycles. The van der Waals surface area contributed by atoms with Gasteiger partial charge in [-0.25, -0.2) is 0 Å². The smallest absolute Gasteiger partial charge is 0.114 e. The van der Waals surface area contributed by atoms with E-state index in [2.05, 4.69) is 95.5 Å². The molecule has 0 aliphatic carbocycles. The predicted molar refractivity (Wildman–Crippen MR) is 168 cm³/mol. The third-order valence-corrected chi connectivity index (χ3v) is 8.55. The molecule has 5 aliphatic rings. The molecular formula is C33H46N8. The summed E-state index contributed by atoms with van der Waals surface area (Å²) < 4.78 is 1.82. The molecule has 0 bridgehead atoms. The van der Waals surface area contributed by atoms with E-state index in [0.29, 0.717) is 23.4 Å². The summed E-state index contributed by atoms with van der Waals surface area (Å²) in [6.07, 6.45) is 12.8.